The lowest BCUT2D eigenvalue weighted by molar-refractivity contribution is 0.0955. The maximum Gasteiger partial charge on any atom is 0.251 e. The van der Waals surface area contributed by atoms with Crippen LogP contribution in [0.25, 0.3) is 0 Å². The molecule has 2 N–H and O–H groups in total. The third-order valence-corrected chi connectivity index (χ3v) is 4.41. The van der Waals surface area contributed by atoms with E-state index in [2.05, 4.69) is 41.7 Å². The highest BCUT2D eigenvalue weighted by molar-refractivity contribution is 9.10. The van der Waals surface area contributed by atoms with E-state index in [0.29, 0.717) is 18.7 Å². The number of aromatic nitrogens is 2. The number of benzene rings is 1. The molecule has 1 aliphatic rings. The van der Waals surface area contributed by atoms with Gasteiger partial charge in [0.25, 0.3) is 5.91 Å². The van der Waals surface area contributed by atoms with Gasteiger partial charge in [-0.05, 0) is 31.0 Å². The van der Waals surface area contributed by atoms with E-state index in [-0.39, 0.29) is 5.91 Å². The Kier molecular flexibility index (Phi) is 5.63. The highest BCUT2D eigenvalue weighted by Gasteiger charge is 2.13. The normalized spacial score (nSPS) is 13.8. The van der Waals surface area contributed by atoms with Crippen molar-refractivity contribution in [3.8, 4) is 0 Å². The summed E-state index contributed by atoms with van der Waals surface area (Å²) < 4.78 is 0.891. The van der Waals surface area contributed by atoms with Crippen molar-refractivity contribution in [1.82, 2.24) is 15.5 Å². The SMILES string of the molecule is O=C(NCCNc1cc(N2CCCC2)cnn1)c1cccc(Br)c1. The molecule has 1 amide bonds. The molecule has 2 heterocycles. The van der Waals surface area contributed by atoms with Gasteiger partial charge in [0.2, 0.25) is 0 Å². The number of rotatable bonds is 6. The number of nitrogens with zero attached hydrogens (tertiary/aromatic N) is 3. The molecule has 1 aliphatic heterocycles. The van der Waals surface area contributed by atoms with Gasteiger partial charge in [0.05, 0.1) is 11.9 Å². The first-order valence-electron chi connectivity index (χ1n) is 8.08. The molecule has 7 heteroatoms. The molecule has 1 fully saturated rings. The van der Waals surface area contributed by atoms with Crippen molar-refractivity contribution in [2.24, 2.45) is 0 Å². The molecule has 6 nitrogen and oxygen atoms in total. The molecule has 24 heavy (non-hydrogen) atoms. The molecular weight excluding hydrogens is 370 g/mol. The van der Waals surface area contributed by atoms with Crippen molar-refractivity contribution in [1.29, 1.82) is 0 Å². The first-order chi connectivity index (χ1) is 11.7. The quantitative estimate of drug-likeness (QED) is 0.743. The van der Waals surface area contributed by atoms with Gasteiger partial charge in [-0.3, -0.25) is 4.79 Å². The van der Waals surface area contributed by atoms with E-state index in [4.69, 9.17) is 0 Å². The number of carbonyl (C=O) groups excluding carboxylic acids is 1. The minimum absolute atomic E-state index is 0.0880. The topological polar surface area (TPSA) is 70.2 Å². The highest BCUT2D eigenvalue weighted by Crippen LogP contribution is 2.20. The molecule has 126 valence electrons. The zero-order chi connectivity index (χ0) is 16.8. The van der Waals surface area contributed by atoms with Gasteiger partial charge in [-0.15, -0.1) is 5.10 Å². The summed E-state index contributed by atoms with van der Waals surface area (Å²) in [4.78, 5) is 14.4. The fraction of sp³-hybridized carbons (Fsp3) is 0.353. The van der Waals surface area contributed by atoms with Crippen LogP contribution in [-0.4, -0.2) is 42.3 Å². The van der Waals surface area contributed by atoms with Crippen LogP contribution < -0.4 is 15.5 Å². The number of anilines is 2. The van der Waals surface area contributed by atoms with E-state index < -0.39 is 0 Å². The molecule has 1 aromatic carbocycles. The smallest absolute Gasteiger partial charge is 0.251 e. The Bertz CT molecular complexity index is 703. The number of halogens is 1. The van der Waals surface area contributed by atoms with Crippen LogP contribution in [0.2, 0.25) is 0 Å². The molecule has 0 aliphatic carbocycles. The summed E-state index contributed by atoms with van der Waals surface area (Å²) in [5, 5.41) is 14.2. The lowest BCUT2D eigenvalue weighted by Gasteiger charge is -2.17. The summed E-state index contributed by atoms with van der Waals surface area (Å²) in [7, 11) is 0. The van der Waals surface area contributed by atoms with E-state index >= 15 is 0 Å². The molecule has 1 saturated heterocycles. The second-order valence-electron chi connectivity index (χ2n) is 5.69. The number of hydrogen-bond acceptors (Lipinski definition) is 5. The number of nitrogens with one attached hydrogen (secondary N) is 2. The Morgan fingerprint density at radius 2 is 2.04 bits per heavy atom. The third-order valence-electron chi connectivity index (χ3n) is 3.91. The lowest BCUT2D eigenvalue weighted by Crippen LogP contribution is -2.29. The van der Waals surface area contributed by atoms with Gasteiger partial charge >= 0.3 is 0 Å². The van der Waals surface area contributed by atoms with E-state index in [1.807, 2.05) is 18.2 Å². The van der Waals surface area contributed by atoms with Gasteiger partial charge in [0.15, 0.2) is 5.82 Å². The Morgan fingerprint density at radius 1 is 1.21 bits per heavy atom. The van der Waals surface area contributed by atoms with Crippen molar-refractivity contribution >= 4 is 33.3 Å². The molecule has 0 spiro atoms. The number of carbonyl (C=O) groups is 1. The van der Waals surface area contributed by atoms with Gasteiger partial charge < -0.3 is 15.5 Å². The van der Waals surface area contributed by atoms with E-state index in [1.165, 1.54) is 12.8 Å². The Morgan fingerprint density at radius 3 is 2.83 bits per heavy atom. The first-order valence-corrected chi connectivity index (χ1v) is 8.87. The van der Waals surface area contributed by atoms with Crippen LogP contribution >= 0.6 is 15.9 Å². The summed E-state index contributed by atoms with van der Waals surface area (Å²) in [5.74, 6) is 0.645. The number of hydrogen-bond donors (Lipinski definition) is 2. The molecule has 0 radical (unpaired) electrons. The van der Waals surface area contributed by atoms with Crippen molar-refractivity contribution in [3.05, 3.63) is 46.6 Å². The van der Waals surface area contributed by atoms with Crippen molar-refractivity contribution < 1.29 is 4.79 Å². The fourth-order valence-corrected chi connectivity index (χ4v) is 3.09. The van der Waals surface area contributed by atoms with Crippen molar-refractivity contribution in [2.75, 3.05) is 36.4 Å². The lowest BCUT2D eigenvalue weighted by atomic mass is 10.2. The molecular formula is C17H20BrN5O. The zero-order valence-corrected chi connectivity index (χ0v) is 14.9. The van der Waals surface area contributed by atoms with Gasteiger partial charge in [-0.25, -0.2) is 0 Å². The first kappa shape index (κ1) is 16.7. The summed E-state index contributed by atoms with van der Waals surface area (Å²) >= 11 is 3.37. The standard InChI is InChI=1S/C17H20BrN5O/c18-14-5-3-4-13(10-14)17(24)20-7-6-19-16-11-15(12-21-22-16)23-8-1-2-9-23/h3-5,10-12H,1-2,6-9H2,(H,19,22)(H,20,24). The predicted octanol–water partition coefficient (Wildman–Crippen LogP) is 2.68. The highest BCUT2D eigenvalue weighted by atomic mass is 79.9. The third kappa shape index (κ3) is 4.44. The average Bonchev–Trinajstić information content (AvgIpc) is 3.13. The van der Waals surface area contributed by atoms with Crippen LogP contribution in [0.5, 0.6) is 0 Å². The van der Waals surface area contributed by atoms with Crippen molar-refractivity contribution in [2.45, 2.75) is 12.8 Å². The van der Waals surface area contributed by atoms with Crippen LogP contribution in [0.4, 0.5) is 11.5 Å². The maximum atomic E-state index is 12.0. The van der Waals surface area contributed by atoms with E-state index in [1.54, 1.807) is 18.3 Å². The molecule has 2 aromatic rings. The largest absolute Gasteiger partial charge is 0.370 e. The Hall–Kier alpha value is -2.15. The van der Waals surface area contributed by atoms with Crippen LogP contribution in [0.3, 0.4) is 0 Å². The average molecular weight is 390 g/mol. The Labute approximate surface area is 149 Å². The summed E-state index contributed by atoms with van der Waals surface area (Å²) in [5.41, 5.74) is 1.74. The second-order valence-corrected chi connectivity index (χ2v) is 6.60. The molecule has 3 rings (SSSR count). The summed E-state index contributed by atoms with van der Waals surface area (Å²) in [6.07, 6.45) is 4.25. The van der Waals surface area contributed by atoms with E-state index in [0.717, 1.165) is 29.1 Å². The minimum Gasteiger partial charge on any atom is -0.370 e. The molecule has 0 atom stereocenters. The summed E-state index contributed by atoms with van der Waals surface area (Å²) in [6.45, 7) is 3.26. The Balaban J connectivity index is 1.46. The minimum atomic E-state index is -0.0880. The molecule has 0 saturated carbocycles. The number of amides is 1. The van der Waals surface area contributed by atoms with Crippen LogP contribution in [-0.2, 0) is 0 Å². The summed E-state index contributed by atoms with van der Waals surface area (Å²) in [6, 6.07) is 9.34. The molecule has 0 unspecified atom stereocenters. The zero-order valence-electron chi connectivity index (χ0n) is 13.3. The van der Waals surface area contributed by atoms with Gasteiger partial charge in [-0.1, -0.05) is 22.0 Å². The van der Waals surface area contributed by atoms with Crippen LogP contribution in [0.15, 0.2) is 41.0 Å². The molecule has 0 bridgehead atoms. The molecule has 1 aromatic heterocycles. The van der Waals surface area contributed by atoms with Crippen LogP contribution in [0, 0.1) is 0 Å². The monoisotopic (exact) mass is 389 g/mol. The second kappa shape index (κ2) is 8.10. The van der Waals surface area contributed by atoms with Gasteiger partial charge in [0.1, 0.15) is 0 Å². The maximum absolute atomic E-state index is 12.0. The van der Waals surface area contributed by atoms with Crippen molar-refractivity contribution in [3.63, 3.8) is 0 Å². The van der Waals surface area contributed by atoms with Gasteiger partial charge in [-0.2, -0.15) is 5.10 Å². The van der Waals surface area contributed by atoms with E-state index in [9.17, 15) is 4.79 Å². The fourth-order valence-electron chi connectivity index (χ4n) is 2.69. The van der Waals surface area contributed by atoms with Crippen LogP contribution in [0.1, 0.15) is 23.2 Å². The predicted molar refractivity (Wildman–Crippen MR) is 98.4 cm³/mol. The van der Waals surface area contributed by atoms with Gasteiger partial charge in [0, 0.05) is 42.3 Å².